The van der Waals surface area contributed by atoms with Crippen LogP contribution in [0.25, 0.3) is 0 Å². The number of benzene rings is 2. The molecule has 32 heavy (non-hydrogen) atoms. The maximum Gasteiger partial charge on any atom is 0.573 e. The zero-order valence-electron chi connectivity index (χ0n) is 16.5. The number of hydrogen-bond donors (Lipinski definition) is 1. The molecule has 0 radical (unpaired) electrons. The highest BCUT2D eigenvalue weighted by atomic mass is 35.5. The van der Waals surface area contributed by atoms with Gasteiger partial charge in [-0.3, -0.25) is 4.90 Å². The van der Waals surface area contributed by atoms with Gasteiger partial charge in [-0.2, -0.15) is 4.98 Å². The zero-order chi connectivity index (χ0) is 22.9. The summed E-state index contributed by atoms with van der Waals surface area (Å²) in [6.45, 7) is 0.697. The molecule has 1 aromatic heterocycles. The fourth-order valence-corrected chi connectivity index (χ4v) is 3.89. The molecule has 1 N–H and O–H groups in total. The standard InChI is InChI=1S/C21H18ClF4N3O3/c22-17-8-14(23)4-3-13(17)7-19-27-20(32-28-19)18-9-15(30)11-29(18)10-12-1-5-16(6-2-12)31-21(24,25)26/h1-6,8,15,18,30H,7,9-11H2/t15-,18+/m1/s1. The minimum atomic E-state index is -4.75. The van der Waals surface area contributed by atoms with Crippen molar-refractivity contribution in [3.8, 4) is 5.75 Å². The predicted octanol–water partition coefficient (Wildman–Crippen LogP) is 4.66. The van der Waals surface area contributed by atoms with Gasteiger partial charge in [0.1, 0.15) is 11.6 Å². The molecular formula is C21H18ClF4N3O3. The van der Waals surface area contributed by atoms with Gasteiger partial charge in [-0.1, -0.05) is 35.0 Å². The van der Waals surface area contributed by atoms with Crippen molar-refractivity contribution in [2.75, 3.05) is 6.54 Å². The van der Waals surface area contributed by atoms with E-state index in [2.05, 4.69) is 14.9 Å². The van der Waals surface area contributed by atoms with Crippen molar-refractivity contribution in [3.63, 3.8) is 0 Å². The van der Waals surface area contributed by atoms with E-state index >= 15 is 0 Å². The van der Waals surface area contributed by atoms with Crippen LogP contribution in [0.4, 0.5) is 17.6 Å². The number of halogens is 5. The summed E-state index contributed by atoms with van der Waals surface area (Å²) in [7, 11) is 0. The smallest absolute Gasteiger partial charge is 0.406 e. The van der Waals surface area contributed by atoms with Crippen molar-refractivity contribution in [3.05, 3.63) is 76.1 Å². The Labute approximate surface area is 185 Å². The van der Waals surface area contributed by atoms with Crippen LogP contribution in [0.3, 0.4) is 0 Å². The molecule has 1 aliphatic rings. The van der Waals surface area contributed by atoms with Crippen LogP contribution in [0.1, 0.15) is 35.3 Å². The van der Waals surface area contributed by atoms with E-state index in [0.29, 0.717) is 36.8 Å². The van der Waals surface area contributed by atoms with Gasteiger partial charge in [0.15, 0.2) is 5.82 Å². The number of aromatic nitrogens is 2. The molecule has 0 bridgehead atoms. The van der Waals surface area contributed by atoms with Gasteiger partial charge in [-0.15, -0.1) is 13.2 Å². The second-order valence-corrected chi connectivity index (χ2v) is 7.90. The predicted molar refractivity (Wildman–Crippen MR) is 105 cm³/mol. The van der Waals surface area contributed by atoms with Crippen LogP contribution in [0.15, 0.2) is 47.0 Å². The number of nitrogens with zero attached hydrogens (tertiary/aromatic N) is 3. The van der Waals surface area contributed by atoms with E-state index in [4.69, 9.17) is 16.1 Å². The second-order valence-electron chi connectivity index (χ2n) is 7.49. The molecule has 2 heterocycles. The quantitative estimate of drug-likeness (QED) is 0.527. The summed E-state index contributed by atoms with van der Waals surface area (Å²) in [5, 5.41) is 14.4. The normalized spacial score (nSPS) is 19.4. The highest BCUT2D eigenvalue weighted by Crippen LogP contribution is 2.33. The summed E-state index contributed by atoms with van der Waals surface area (Å²) in [5.41, 5.74) is 1.38. The largest absolute Gasteiger partial charge is 0.573 e. The average Bonchev–Trinajstić information content (AvgIpc) is 3.30. The summed E-state index contributed by atoms with van der Waals surface area (Å²) in [6.07, 6.45) is -4.75. The Hall–Kier alpha value is -2.69. The van der Waals surface area contributed by atoms with Crippen molar-refractivity contribution < 1.29 is 31.9 Å². The number of alkyl halides is 3. The number of aliphatic hydroxyl groups is 1. The van der Waals surface area contributed by atoms with Gasteiger partial charge in [0, 0.05) is 24.5 Å². The van der Waals surface area contributed by atoms with E-state index in [-0.39, 0.29) is 23.2 Å². The lowest BCUT2D eigenvalue weighted by molar-refractivity contribution is -0.274. The first-order chi connectivity index (χ1) is 15.2. The molecular weight excluding hydrogens is 454 g/mol. The van der Waals surface area contributed by atoms with Gasteiger partial charge in [0.25, 0.3) is 0 Å². The highest BCUT2D eigenvalue weighted by molar-refractivity contribution is 6.31. The van der Waals surface area contributed by atoms with E-state index in [1.165, 1.54) is 36.4 Å². The first-order valence-corrected chi connectivity index (χ1v) is 10.1. The van der Waals surface area contributed by atoms with Gasteiger partial charge in [0.05, 0.1) is 12.1 Å². The van der Waals surface area contributed by atoms with E-state index in [1.54, 1.807) is 6.07 Å². The zero-order valence-corrected chi connectivity index (χ0v) is 17.3. The fourth-order valence-electron chi connectivity index (χ4n) is 3.65. The van der Waals surface area contributed by atoms with Crippen LogP contribution >= 0.6 is 11.6 Å². The highest BCUT2D eigenvalue weighted by Gasteiger charge is 2.36. The van der Waals surface area contributed by atoms with Gasteiger partial charge in [-0.05, 0) is 41.8 Å². The minimum Gasteiger partial charge on any atom is -0.406 e. The molecule has 6 nitrogen and oxygen atoms in total. The van der Waals surface area contributed by atoms with Crippen LogP contribution in [-0.4, -0.2) is 39.2 Å². The van der Waals surface area contributed by atoms with Crippen molar-refractivity contribution >= 4 is 11.6 Å². The monoisotopic (exact) mass is 471 g/mol. The lowest BCUT2D eigenvalue weighted by Gasteiger charge is -2.21. The molecule has 0 aliphatic carbocycles. The van der Waals surface area contributed by atoms with Crippen LogP contribution in [-0.2, 0) is 13.0 Å². The number of rotatable bonds is 6. The van der Waals surface area contributed by atoms with Crippen LogP contribution in [0.2, 0.25) is 5.02 Å². The van der Waals surface area contributed by atoms with Crippen molar-refractivity contribution in [2.24, 2.45) is 0 Å². The SMILES string of the molecule is O[C@@H]1C[C@@H](c2nc(Cc3ccc(F)cc3Cl)no2)N(Cc2ccc(OC(F)(F)F)cc2)C1. The summed E-state index contributed by atoms with van der Waals surface area (Å²) in [6, 6.07) is 9.22. The molecule has 0 spiro atoms. The molecule has 1 saturated heterocycles. The summed E-state index contributed by atoms with van der Waals surface area (Å²) < 4.78 is 59.5. The maximum atomic E-state index is 13.2. The van der Waals surface area contributed by atoms with Crippen LogP contribution in [0, 0.1) is 5.82 Å². The molecule has 11 heteroatoms. The third kappa shape index (κ3) is 5.56. The average molecular weight is 472 g/mol. The van der Waals surface area contributed by atoms with E-state index in [1.807, 2.05) is 4.90 Å². The number of likely N-dealkylation sites (tertiary alicyclic amines) is 1. The van der Waals surface area contributed by atoms with Crippen molar-refractivity contribution in [2.45, 2.75) is 37.9 Å². The molecule has 2 atom stereocenters. The Balaban J connectivity index is 1.45. The van der Waals surface area contributed by atoms with E-state index in [0.717, 1.165) is 5.56 Å². The van der Waals surface area contributed by atoms with E-state index < -0.39 is 18.3 Å². The molecule has 2 aromatic carbocycles. The fraction of sp³-hybridized carbons (Fsp3) is 0.333. The lowest BCUT2D eigenvalue weighted by Crippen LogP contribution is -2.24. The molecule has 4 rings (SSSR count). The molecule has 0 saturated carbocycles. The number of ether oxygens (including phenoxy) is 1. The van der Waals surface area contributed by atoms with Crippen molar-refractivity contribution in [1.29, 1.82) is 0 Å². The molecule has 1 aliphatic heterocycles. The van der Waals surface area contributed by atoms with Crippen LogP contribution < -0.4 is 4.74 Å². The molecule has 0 unspecified atom stereocenters. The van der Waals surface area contributed by atoms with Gasteiger partial charge in [-0.25, -0.2) is 4.39 Å². The first kappa shape index (κ1) is 22.5. The number of β-amino-alcohol motifs (C(OH)–C–C–N with tert-alkyl or cyclic N) is 1. The second kappa shape index (κ2) is 9.05. The van der Waals surface area contributed by atoms with Crippen LogP contribution in [0.5, 0.6) is 5.75 Å². The number of hydrogen-bond acceptors (Lipinski definition) is 6. The third-order valence-electron chi connectivity index (χ3n) is 5.06. The Morgan fingerprint density at radius 2 is 1.94 bits per heavy atom. The lowest BCUT2D eigenvalue weighted by atomic mass is 10.1. The molecule has 3 aromatic rings. The van der Waals surface area contributed by atoms with Gasteiger partial charge in [0.2, 0.25) is 5.89 Å². The maximum absolute atomic E-state index is 13.2. The summed E-state index contributed by atoms with van der Waals surface area (Å²) in [4.78, 5) is 6.31. The summed E-state index contributed by atoms with van der Waals surface area (Å²) in [5.74, 6) is -0.0725. The summed E-state index contributed by atoms with van der Waals surface area (Å²) >= 11 is 6.05. The van der Waals surface area contributed by atoms with E-state index in [9.17, 15) is 22.7 Å². The molecule has 170 valence electrons. The molecule has 0 amide bonds. The number of aliphatic hydroxyl groups excluding tert-OH is 1. The minimum absolute atomic E-state index is 0.249. The topological polar surface area (TPSA) is 71.6 Å². The third-order valence-corrected chi connectivity index (χ3v) is 5.41. The Kier molecular flexibility index (Phi) is 6.36. The Bertz CT molecular complexity index is 1070. The van der Waals surface area contributed by atoms with Gasteiger partial charge < -0.3 is 14.4 Å². The molecule has 1 fully saturated rings. The van der Waals surface area contributed by atoms with Gasteiger partial charge >= 0.3 is 6.36 Å². The first-order valence-electron chi connectivity index (χ1n) is 9.69. The Morgan fingerprint density at radius 3 is 2.62 bits per heavy atom. The van der Waals surface area contributed by atoms with Crippen molar-refractivity contribution in [1.82, 2.24) is 15.0 Å². The Morgan fingerprint density at radius 1 is 1.19 bits per heavy atom.